The van der Waals surface area contributed by atoms with Crippen LogP contribution in [0.1, 0.15) is 0 Å². The Hall–Kier alpha value is -1.83. The molecule has 0 radical (unpaired) electrons. The molecule has 0 saturated heterocycles. The summed E-state index contributed by atoms with van der Waals surface area (Å²) < 4.78 is 1.99. The molecule has 1 aromatic heterocycles. The van der Waals surface area contributed by atoms with Gasteiger partial charge in [0.1, 0.15) is 0 Å². The second-order valence-electron chi connectivity index (χ2n) is 3.17. The van der Waals surface area contributed by atoms with Gasteiger partial charge in [-0.25, -0.2) is 4.99 Å². The highest BCUT2D eigenvalue weighted by molar-refractivity contribution is 5.35. The van der Waals surface area contributed by atoms with Crippen molar-refractivity contribution in [3.05, 3.63) is 60.2 Å². The van der Waals surface area contributed by atoms with Crippen LogP contribution in [0.4, 0.5) is 5.69 Å². The van der Waals surface area contributed by atoms with E-state index in [2.05, 4.69) is 4.99 Å². The summed E-state index contributed by atoms with van der Waals surface area (Å²) in [6.07, 6.45) is 3.98. The highest BCUT2D eigenvalue weighted by Gasteiger charge is 1.84. The summed E-state index contributed by atoms with van der Waals surface area (Å²) in [5, 5.41) is 0.981. The van der Waals surface area contributed by atoms with Crippen LogP contribution in [0.3, 0.4) is 0 Å². The summed E-state index contributed by atoms with van der Waals surface area (Å²) in [4.78, 5) is 4.47. The molecule has 0 atom stereocenters. The minimum atomic E-state index is 0.981. The van der Waals surface area contributed by atoms with E-state index in [4.69, 9.17) is 0 Å². The maximum absolute atomic E-state index is 4.47. The van der Waals surface area contributed by atoms with E-state index in [0.717, 1.165) is 11.0 Å². The van der Waals surface area contributed by atoms with Crippen molar-refractivity contribution < 1.29 is 0 Å². The summed E-state index contributed by atoms with van der Waals surface area (Å²) in [5.74, 6) is 0. The van der Waals surface area contributed by atoms with E-state index in [1.54, 1.807) is 0 Å². The van der Waals surface area contributed by atoms with Gasteiger partial charge in [0.25, 0.3) is 0 Å². The number of para-hydroxylation sites is 1. The SMILES string of the molecule is Cn1ccc(=Nc2ccccc2)cc1. The van der Waals surface area contributed by atoms with E-state index in [-0.39, 0.29) is 0 Å². The van der Waals surface area contributed by atoms with Crippen LogP contribution in [-0.4, -0.2) is 4.57 Å². The number of hydrogen-bond donors (Lipinski definition) is 0. The first-order chi connectivity index (χ1) is 6.84. The van der Waals surface area contributed by atoms with Gasteiger partial charge in [-0.05, 0) is 24.3 Å². The Morgan fingerprint density at radius 1 is 0.929 bits per heavy atom. The molecule has 0 spiro atoms. The van der Waals surface area contributed by atoms with Crippen molar-refractivity contribution in [3.63, 3.8) is 0 Å². The van der Waals surface area contributed by atoms with Crippen LogP contribution in [0, 0.1) is 0 Å². The van der Waals surface area contributed by atoms with E-state index >= 15 is 0 Å². The summed E-state index contributed by atoms with van der Waals surface area (Å²) in [7, 11) is 1.99. The molecule has 0 aliphatic heterocycles. The molecule has 0 aliphatic carbocycles. The molecule has 1 aromatic carbocycles. The number of aryl methyl sites for hydroxylation is 1. The van der Waals surface area contributed by atoms with E-state index in [0.29, 0.717) is 0 Å². The predicted molar refractivity (Wildman–Crippen MR) is 57.1 cm³/mol. The van der Waals surface area contributed by atoms with Gasteiger partial charge in [-0.2, -0.15) is 0 Å². The largest absolute Gasteiger partial charge is 0.357 e. The molecule has 14 heavy (non-hydrogen) atoms. The van der Waals surface area contributed by atoms with Crippen LogP contribution < -0.4 is 5.36 Å². The van der Waals surface area contributed by atoms with Crippen molar-refractivity contribution in [2.24, 2.45) is 12.0 Å². The van der Waals surface area contributed by atoms with Gasteiger partial charge in [0, 0.05) is 19.4 Å². The number of pyridine rings is 1. The first-order valence-corrected chi connectivity index (χ1v) is 4.57. The Bertz CT molecular complexity index is 449. The zero-order valence-corrected chi connectivity index (χ0v) is 8.09. The van der Waals surface area contributed by atoms with Gasteiger partial charge in [0.2, 0.25) is 0 Å². The van der Waals surface area contributed by atoms with Crippen molar-refractivity contribution in [2.45, 2.75) is 0 Å². The number of rotatable bonds is 1. The van der Waals surface area contributed by atoms with Gasteiger partial charge in [-0.1, -0.05) is 18.2 Å². The molecule has 0 unspecified atom stereocenters. The zero-order chi connectivity index (χ0) is 9.80. The lowest BCUT2D eigenvalue weighted by molar-refractivity contribution is 0.897. The molecule has 2 aromatic rings. The van der Waals surface area contributed by atoms with E-state index in [9.17, 15) is 0 Å². The van der Waals surface area contributed by atoms with Crippen LogP contribution in [0.15, 0.2) is 59.9 Å². The van der Waals surface area contributed by atoms with Crippen LogP contribution in [-0.2, 0) is 7.05 Å². The molecular weight excluding hydrogens is 172 g/mol. The molecule has 0 saturated carbocycles. The fourth-order valence-electron chi connectivity index (χ4n) is 1.22. The Morgan fingerprint density at radius 2 is 1.57 bits per heavy atom. The van der Waals surface area contributed by atoms with E-state index < -0.39 is 0 Å². The third-order valence-corrected chi connectivity index (χ3v) is 1.98. The Labute approximate surface area is 83.2 Å². The fourth-order valence-corrected chi connectivity index (χ4v) is 1.22. The Morgan fingerprint density at radius 3 is 2.21 bits per heavy atom. The van der Waals surface area contributed by atoms with Crippen molar-refractivity contribution in [3.8, 4) is 0 Å². The first kappa shape index (κ1) is 8.75. The standard InChI is InChI=1S/C12H12N2/c1-14-9-7-12(8-10-14)13-11-5-3-2-4-6-11/h2-10H,1H3. The van der Waals surface area contributed by atoms with Gasteiger partial charge in [0.05, 0.1) is 11.0 Å². The third kappa shape index (κ3) is 2.10. The minimum Gasteiger partial charge on any atom is -0.357 e. The van der Waals surface area contributed by atoms with Crippen molar-refractivity contribution in [2.75, 3.05) is 0 Å². The summed E-state index contributed by atoms with van der Waals surface area (Å²) in [5.41, 5.74) is 0.987. The Kier molecular flexibility index (Phi) is 2.45. The average Bonchev–Trinajstić information content (AvgIpc) is 2.23. The number of aromatic nitrogens is 1. The number of hydrogen-bond acceptors (Lipinski definition) is 1. The molecule has 0 fully saturated rings. The lowest BCUT2D eigenvalue weighted by atomic mass is 10.3. The Balaban J connectivity index is 2.40. The molecule has 2 nitrogen and oxygen atoms in total. The molecule has 0 amide bonds. The molecule has 1 heterocycles. The lowest BCUT2D eigenvalue weighted by Crippen LogP contribution is -2.01. The zero-order valence-electron chi connectivity index (χ0n) is 8.09. The van der Waals surface area contributed by atoms with Crippen LogP contribution in [0.2, 0.25) is 0 Å². The summed E-state index contributed by atoms with van der Waals surface area (Å²) in [6.45, 7) is 0. The normalized spacial score (nSPS) is 9.79. The average molecular weight is 184 g/mol. The molecule has 0 bridgehead atoms. The number of nitrogens with zero attached hydrogens (tertiary/aromatic N) is 2. The van der Waals surface area contributed by atoms with E-state index in [1.807, 2.05) is 66.5 Å². The summed E-state index contributed by atoms with van der Waals surface area (Å²) in [6, 6.07) is 13.9. The van der Waals surface area contributed by atoms with Crippen molar-refractivity contribution >= 4 is 5.69 Å². The smallest absolute Gasteiger partial charge is 0.0666 e. The van der Waals surface area contributed by atoms with Crippen LogP contribution in [0.5, 0.6) is 0 Å². The fraction of sp³-hybridized carbons (Fsp3) is 0.0833. The molecule has 70 valence electrons. The van der Waals surface area contributed by atoms with Crippen LogP contribution >= 0.6 is 0 Å². The van der Waals surface area contributed by atoms with Gasteiger partial charge in [-0.15, -0.1) is 0 Å². The monoisotopic (exact) mass is 184 g/mol. The van der Waals surface area contributed by atoms with Crippen LogP contribution in [0.25, 0.3) is 0 Å². The topological polar surface area (TPSA) is 17.3 Å². The second-order valence-corrected chi connectivity index (χ2v) is 3.17. The maximum Gasteiger partial charge on any atom is 0.0666 e. The summed E-state index contributed by atoms with van der Waals surface area (Å²) >= 11 is 0. The second kappa shape index (κ2) is 3.92. The molecular formula is C12H12N2. The van der Waals surface area contributed by atoms with Gasteiger partial charge in [0.15, 0.2) is 0 Å². The van der Waals surface area contributed by atoms with Crippen molar-refractivity contribution in [1.29, 1.82) is 0 Å². The molecule has 2 rings (SSSR count). The van der Waals surface area contributed by atoms with Gasteiger partial charge in [-0.3, -0.25) is 0 Å². The third-order valence-electron chi connectivity index (χ3n) is 1.98. The number of benzene rings is 1. The lowest BCUT2D eigenvalue weighted by Gasteiger charge is -1.95. The van der Waals surface area contributed by atoms with Gasteiger partial charge >= 0.3 is 0 Å². The minimum absolute atomic E-state index is 0.981. The maximum atomic E-state index is 4.47. The van der Waals surface area contributed by atoms with Gasteiger partial charge < -0.3 is 4.57 Å². The highest BCUT2D eigenvalue weighted by Crippen LogP contribution is 2.07. The first-order valence-electron chi connectivity index (χ1n) is 4.57. The van der Waals surface area contributed by atoms with E-state index in [1.165, 1.54) is 0 Å². The predicted octanol–water partition coefficient (Wildman–Crippen LogP) is 2.26. The van der Waals surface area contributed by atoms with Crippen molar-refractivity contribution in [1.82, 2.24) is 4.57 Å². The molecule has 0 aliphatic rings. The quantitative estimate of drug-likeness (QED) is 0.647. The highest BCUT2D eigenvalue weighted by atomic mass is 14.9. The molecule has 0 N–H and O–H groups in total. The molecule has 2 heteroatoms.